The normalized spacial score (nSPS) is 11.6. The molecule has 6 nitrogen and oxygen atoms in total. The summed E-state index contributed by atoms with van der Waals surface area (Å²) in [5.74, 6) is -1.39. The minimum Gasteiger partial charge on any atom is -0.508 e. The Morgan fingerprint density at radius 1 is 0.923 bits per heavy atom. The first kappa shape index (κ1) is 29.4. The molecule has 3 N–H and O–H groups in total. The van der Waals surface area contributed by atoms with E-state index in [0.29, 0.717) is 28.8 Å². The van der Waals surface area contributed by atoms with E-state index in [2.05, 4.69) is 24.1 Å². The molecular formula is C32H33ClN2O4. The number of rotatable bonds is 8. The van der Waals surface area contributed by atoms with Crippen LogP contribution in [-0.2, 0) is 6.42 Å². The highest BCUT2D eigenvalue weighted by molar-refractivity contribution is 6.30. The molecule has 0 spiro atoms. The Morgan fingerprint density at radius 3 is 2.15 bits per heavy atom. The Bertz CT molecular complexity index is 1450. The lowest BCUT2D eigenvalue weighted by atomic mass is 10.0. The van der Waals surface area contributed by atoms with Crippen LogP contribution in [0.25, 0.3) is 23.1 Å². The van der Waals surface area contributed by atoms with E-state index in [1.54, 1.807) is 48.5 Å². The molecule has 1 unspecified atom stereocenters. The number of pyridine rings is 1. The van der Waals surface area contributed by atoms with Crippen molar-refractivity contribution < 1.29 is 19.8 Å². The second-order valence-electron chi connectivity index (χ2n) is 9.18. The molecule has 4 aromatic rings. The third kappa shape index (κ3) is 8.42. The fourth-order valence-corrected chi connectivity index (χ4v) is 4.01. The minimum absolute atomic E-state index is 0.0125. The van der Waals surface area contributed by atoms with Crippen molar-refractivity contribution in [3.63, 3.8) is 0 Å². The highest BCUT2D eigenvalue weighted by Crippen LogP contribution is 2.23. The van der Waals surface area contributed by atoms with Gasteiger partial charge in [-0.1, -0.05) is 81.3 Å². The number of carboxylic acid groups (broad SMARTS) is 1. The number of phenolic OH excluding ortho intramolecular Hbond substituents is 1. The summed E-state index contributed by atoms with van der Waals surface area (Å²) in [5.41, 5.74) is 3.22. The van der Waals surface area contributed by atoms with E-state index in [1.807, 2.05) is 37.3 Å². The smallest absolute Gasteiger partial charge is 0.336 e. The number of carbonyl (C=O) groups is 2. The SMILES string of the molecule is CCC.CCC(Cc1ccc(O)cc1)NC(=O)c1cc(C(=O)O)c2cc(/C=C/c3ccc(Cl)cc3)ccc2n1. The Labute approximate surface area is 234 Å². The number of fused-ring (bicyclic) bond motifs is 1. The predicted octanol–water partition coefficient (Wildman–Crippen LogP) is 7.63. The topological polar surface area (TPSA) is 99.5 Å². The maximum atomic E-state index is 13.0. The average molecular weight is 545 g/mol. The van der Waals surface area contributed by atoms with Crippen LogP contribution in [0.15, 0.2) is 72.8 Å². The second kappa shape index (κ2) is 14.1. The van der Waals surface area contributed by atoms with Crippen LogP contribution in [0, 0.1) is 0 Å². The summed E-state index contributed by atoms with van der Waals surface area (Å²) in [6.07, 6.45) is 6.29. The Kier molecular flexibility index (Phi) is 10.6. The number of halogens is 1. The van der Waals surface area contributed by atoms with Crippen molar-refractivity contribution in [3.8, 4) is 5.75 Å². The molecule has 4 rings (SSSR count). The Hall–Kier alpha value is -4.16. The van der Waals surface area contributed by atoms with Gasteiger partial charge in [-0.05, 0) is 72.0 Å². The van der Waals surface area contributed by atoms with E-state index in [1.165, 1.54) is 12.5 Å². The standard InChI is InChI=1S/C29H25ClN2O4.C3H8/c1-2-22(15-19-7-12-23(33)13-8-19)31-28(34)27-17-25(29(35)36)24-16-20(9-14-26(24)32-27)4-3-18-5-10-21(30)11-6-18;1-3-2/h3-14,16-17,22,33H,2,15H2,1H3,(H,31,34)(H,35,36);3H2,1-2H3/b4-3+;. The van der Waals surface area contributed by atoms with Crippen LogP contribution in [0.5, 0.6) is 5.75 Å². The summed E-state index contributed by atoms with van der Waals surface area (Å²) in [6, 6.07) is 20.6. The van der Waals surface area contributed by atoms with Crippen LogP contribution in [-0.4, -0.2) is 33.1 Å². The monoisotopic (exact) mass is 544 g/mol. The molecule has 0 aliphatic rings. The van der Waals surface area contributed by atoms with Gasteiger partial charge in [0.05, 0.1) is 11.1 Å². The molecule has 1 atom stereocenters. The quantitative estimate of drug-likeness (QED) is 0.198. The molecule has 0 radical (unpaired) electrons. The van der Waals surface area contributed by atoms with Crippen molar-refractivity contribution in [2.45, 2.75) is 46.1 Å². The zero-order valence-electron chi connectivity index (χ0n) is 22.3. The van der Waals surface area contributed by atoms with E-state index >= 15 is 0 Å². The fourth-order valence-electron chi connectivity index (χ4n) is 3.88. The van der Waals surface area contributed by atoms with Crippen molar-refractivity contribution in [3.05, 3.63) is 106 Å². The molecule has 39 heavy (non-hydrogen) atoms. The number of aromatic nitrogens is 1. The number of carbonyl (C=O) groups excluding carboxylic acids is 1. The number of amides is 1. The van der Waals surface area contributed by atoms with Crippen molar-refractivity contribution in [2.24, 2.45) is 0 Å². The van der Waals surface area contributed by atoms with Gasteiger partial charge in [-0.2, -0.15) is 0 Å². The molecule has 0 saturated carbocycles. The summed E-state index contributed by atoms with van der Waals surface area (Å²) in [6.45, 7) is 6.21. The highest BCUT2D eigenvalue weighted by Gasteiger charge is 2.19. The molecule has 7 heteroatoms. The van der Waals surface area contributed by atoms with Gasteiger partial charge in [-0.15, -0.1) is 0 Å². The first-order valence-electron chi connectivity index (χ1n) is 12.9. The maximum Gasteiger partial charge on any atom is 0.336 e. The molecule has 3 aromatic carbocycles. The summed E-state index contributed by atoms with van der Waals surface area (Å²) in [4.78, 5) is 29.5. The van der Waals surface area contributed by atoms with Gasteiger partial charge in [0.15, 0.2) is 0 Å². The number of aromatic hydroxyl groups is 1. The molecule has 0 bridgehead atoms. The molecule has 0 aliphatic heterocycles. The second-order valence-corrected chi connectivity index (χ2v) is 9.61. The number of nitrogens with one attached hydrogen (secondary N) is 1. The van der Waals surface area contributed by atoms with Crippen molar-refractivity contribution in [1.82, 2.24) is 10.3 Å². The molecule has 1 heterocycles. The van der Waals surface area contributed by atoms with Gasteiger partial charge < -0.3 is 15.5 Å². The molecular weight excluding hydrogens is 512 g/mol. The molecule has 0 aliphatic carbocycles. The Morgan fingerprint density at radius 2 is 1.54 bits per heavy atom. The number of aromatic carboxylic acids is 1. The maximum absolute atomic E-state index is 13.0. The molecule has 202 valence electrons. The van der Waals surface area contributed by atoms with Crippen molar-refractivity contribution >= 4 is 46.5 Å². The van der Waals surface area contributed by atoms with Crippen molar-refractivity contribution in [2.75, 3.05) is 0 Å². The van der Waals surface area contributed by atoms with E-state index in [0.717, 1.165) is 16.7 Å². The van der Waals surface area contributed by atoms with Crippen LogP contribution in [0.3, 0.4) is 0 Å². The first-order valence-corrected chi connectivity index (χ1v) is 13.3. The van der Waals surface area contributed by atoms with Gasteiger partial charge in [0.2, 0.25) is 0 Å². The number of nitrogens with zero attached hydrogens (tertiary/aromatic N) is 1. The first-order chi connectivity index (χ1) is 18.7. The van der Waals surface area contributed by atoms with E-state index < -0.39 is 11.9 Å². The number of hydrogen-bond donors (Lipinski definition) is 3. The van der Waals surface area contributed by atoms with Crippen molar-refractivity contribution in [1.29, 1.82) is 0 Å². The van der Waals surface area contributed by atoms with Gasteiger partial charge in [-0.25, -0.2) is 9.78 Å². The van der Waals surface area contributed by atoms with Crippen LogP contribution in [0.1, 0.15) is 71.1 Å². The van der Waals surface area contributed by atoms with E-state index in [-0.39, 0.29) is 23.0 Å². The van der Waals surface area contributed by atoms with Crippen LogP contribution >= 0.6 is 11.6 Å². The molecule has 1 amide bonds. The van der Waals surface area contributed by atoms with Gasteiger partial charge in [0.1, 0.15) is 11.4 Å². The van der Waals surface area contributed by atoms with Gasteiger partial charge in [0, 0.05) is 16.5 Å². The molecule has 1 aromatic heterocycles. The predicted molar refractivity (Wildman–Crippen MR) is 158 cm³/mol. The van der Waals surface area contributed by atoms with E-state index in [4.69, 9.17) is 11.6 Å². The largest absolute Gasteiger partial charge is 0.508 e. The molecule has 0 fully saturated rings. The van der Waals surface area contributed by atoms with Gasteiger partial charge in [-0.3, -0.25) is 4.79 Å². The fraction of sp³-hybridized carbons (Fsp3) is 0.219. The zero-order valence-corrected chi connectivity index (χ0v) is 23.1. The van der Waals surface area contributed by atoms with Gasteiger partial charge >= 0.3 is 5.97 Å². The van der Waals surface area contributed by atoms with Crippen LogP contribution in [0.2, 0.25) is 5.02 Å². The average Bonchev–Trinajstić information content (AvgIpc) is 2.93. The number of phenols is 1. The lowest BCUT2D eigenvalue weighted by Gasteiger charge is -2.17. The lowest BCUT2D eigenvalue weighted by Crippen LogP contribution is -2.36. The summed E-state index contributed by atoms with van der Waals surface area (Å²) in [7, 11) is 0. The summed E-state index contributed by atoms with van der Waals surface area (Å²) >= 11 is 5.93. The number of benzene rings is 3. The zero-order chi connectivity index (χ0) is 28.4. The molecule has 0 saturated heterocycles. The number of carboxylic acids is 1. The van der Waals surface area contributed by atoms with Crippen LogP contribution < -0.4 is 5.32 Å². The summed E-state index contributed by atoms with van der Waals surface area (Å²) < 4.78 is 0. The third-order valence-electron chi connectivity index (χ3n) is 5.88. The highest BCUT2D eigenvalue weighted by atomic mass is 35.5. The summed E-state index contributed by atoms with van der Waals surface area (Å²) in [5, 5.41) is 23.4. The van der Waals surface area contributed by atoms with Gasteiger partial charge in [0.25, 0.3) is 5.91 Å². The number of hydrogen-bond acceptors (Lipinski definition) is 4. The lowest BCUT2D eigenvalue weighted by molar-refractivity contribution is 0.0699. The Balaban J connectivity index is 0.00000134. The third-order valence-corrected chi connectivity index (χ3v) is 6.13. The minimum atomic E-state index is -1.13. The van der Waals surface area contributed by atoms with E-state index in [9.17, 15) is 19.8 Å². The van der Waals surface area contributed by atoms with Crippen LogP contribution in [0.4, 0.5) is 0 Å².